The van der Waals surface area contributed by atoms with E-state index in [2.05, 4.69) is 16.7 Å². The summed E-state index contributed by atoms with van der Waals surface area (Å²) in [5.74, 6) is 0.502. The lowest BCUT2D eigenvalue weighted by molar-refractivity contribution is -0.124. The number of Topliss-reactive ketones (excluding diaryl/α,β-unsaturated/α-hetero) is 1. The molecule has 3 saturated heterocycles. The Balaban J connectivity index is 1.61. The molecule has 96 valence electrons. The SMILES string of the molecule is CC(CN1CCCC1)N1C2CCC1CC(=O)C2. The molecule has 0 aromatic rings. The van der Waals surface area contributed by atoms with Crippen LogP contribution in [0.3, 0.4) is 0 Å². The molecule has 0 saturated carbocycles. The first-order valence-corrected chi connectivity index (χ1v) is 7.25. The lowest BCUT2D eigenvalue weighted by atomic mass is 9.99. The first-order chi connectivity index (χ1) is 8.24. The van der Waals surface area contributed by atoms with Gasteiger partial charge in [0.15, 0.2) is 0 Å². The molecule has 3 heterocycles. The summed E-state index contributed by atoms with van der Waals surface area (Å²) in [5, 5.41) is 0. The summed E-state index contributed by atoms with van der Waals surface area (Å²) in [6.07, 6.45) is 6.89. The third kappa shape index (κ3) is 2.27. The first-order valence-electron chi connectivity index (χ1n) is 7.25. The van der Waals surface area contributed by atoms with Crippen LogP contribution in [0.4, 0.5) is 0 Å². The number of likely N-dealkylation sites (tertiary alicyclic amines) is 1. The Morgan fingerprint density at radius 1 is 1.18 bits per heavy atom. The van der Waals surface area contributed by atoms with E-state index in [4.69, 9.17) is 0 Å². The maximum Gasteiger partial charge on any atom is 0.136 e. The number of piperidine rings is 1. The van der Waals surface area contributed by atoms with Gasteiger partial charge < -0.3 is 4.90 Å². The number of nitrogens with zero attached hydrogens (tertiary/aromatic N) is 2. The molecule has 3 rings (SSSR count). The molecule has 0 aromatic heterocycles. The van der Waals surface area contributed by atoms with E-state index in [0.29, 0.717) is 23.9 Å². The average molecular weight is 236 g/mol. The van der Waals surface area contributed by atoms with Crippen LogP contribution < -0.4 is 0 Å². The molecule has 3 fully saturated rings. The summed E-state index contributed by atoms with van der Waals surface area (Å²) in [6, 6.07) is 1.77. The number of hydrogen-bond acceptors (Lipinski definition) is 3. The van der Waals surface area contributed by atoms with Gasteiger partial charge in [-0.05, 0) is 45.7 Å². The van der Waals surface area contributed by atoms with E-state index >= 15 is 0 Å². The van der Waals surface area contributed by atoms with Gasteiger partial charge in [0.2, 0.25) is 0 Å². The summed E-state index contributed by atoms with van der Waals surface area (Å²) in [5.41, 5.74) is 0. The molecular formula is C14H24N2O. The van der Waals surface area contributed by atoms with Crippen molar-refractivity contribution >= 4 is 5.78 Å². The molecule has 0 N–H and O–H groups in total. The molecule has 0 aliphatic carbocycles. The molecular weight excluding hydrogens is 212 g/mol. The molecule has 3 unspecified atom stereocenters. The quantitative estimate of drug-likeness (QED) is 0.744. The van der Waals surface area contributed by atoms with Crippen molar-refractivity contribution in [2.24, 2.45) is 0 Å². The molecule has 0 spiro atoms. The highest BCUT2D eigenvalue weighted by atomic mass is 16.1. The number of rotatable bonds is 3. The summed E-state index contributed by atoms with van der Waals surface area (Å²) in [6.45, 7) is 6.14. The van der Waals surface area contributed by atoms with E-state index in [1.807, 2.05) is 0 Å². The fourth-order valence-electron chi connectivity index (χ4n) is 4.16. The number of carbonyl (C=O) groups excluding carboxylic acids is 1. The fraction of sp³-hybridized carbons (Fsp3) is 0.929. The van der Waals surface area contributed by atoms with E-state index in [1.54, 1.807) is 0 Å². The Bertz CT molecular complexity index is 283. The van der Waals surface area contributed by atoms with Gasteiger partial charge in [0.1, 0.15) is 5.78 Å². The fourth-order valence-corrected chi connectivity index (χ4v) is 4.16. The standard InChI is InChI=1S/C14H24N2O/c1-11(10-15-6-2-3-7-15)16-12-4-5-13(16)9-14(17)8-12/h11-13H,2-10H2,1H3. The van der Waals surface area contributed by atoms with Crippen LogP contribution in [-0.2, 0) is 4.79 Å². The van der Waals surface area contributed by atoms with Crippen LogP contribution in [0.25, 0.3) is 0 Å². The van der Waals surface area contributed by atoms with Gasteiger partial charge in [-0.15, -0.1) is 0 Å². The Hall–Kier alpha value is -0.410. The van der Waals surface area contributed by atoms with Gasteiger partial charge in [-0.2, -0.15) is 0 Å². The van der Waals surface area contributed by atoms with Crippen LogP contribution >= 0.6 is 0 Å². The summed E-state index contributed by atoms with van der Waals surface area (Å²) in [4.78, 5) is 16.9. The van der Waals surface area contributed by atoms with Gasteiger partial charge in [-0.1, -0.05) is 0 Å². The molecule has 2 bridgehead atoms. The molecule has 17 heavy (non-hydrogen) atoms. The van der Waals surface area contributed by atoms with Gasteiger partial charge in [-0.3, -0.25) is 9.69 Å². The van der Waals surface area contributed by atoms with E-state index in [1.165, 1.54) is 45.3 Å². The zero-order valence-corrected chi connectivity index (χ0v) is 10.9. The molecule has 0 amide bonds. The van der Waals surface area contributed by atoms with Crippen LogP contribution in [0.2, 0.25) is 0 Å². The van der Waals surface area contributed by atoms with E-state index in [0.717, 1.165) is 12.8 Å². The van der Waals surface area contributed by atoms with Gasteiger partial charge in [-0.25, -0.2) is 0 Å². The highest BCUT2D eigenvalue weighted by Gasteiger charge is 2.42. The first kappa shape index (κ1) is 11.7. The predicted molar refractivity (Wildman–Crippen MR) is 68.0 cm³/mol. The Labute approximate surface area is 104 Å². The average Bonchev–Trinajstić information content (AvgIpc) is 2.86. The van der Waals surface area contributed by atoms with Crippen molar-refractivity contribution in [3.63, 3.8) is 0 Å². The second kappa shape index (κ2) is 4.69. The highest BCUT2D eigenvalue weighted by Crippen LogP contribution is 2.35. The Morgan fingerprint density at radius 2 is 1.76 bits per heavy atom. The number of carbonyl (C=O) groups is 1. The molecule has 3 aliphatic heterocycles. The monoisotopic (exact) mass is 236 g/mol. The Morgan fingerprint density at radius 3 is 2.35 bits per heavy atom. The predicted octanol–water partition coefficient (Wildman–Crippen LogP) is 1.67. The number of ketones is 1. The second-order valence-corrected chi connectivity index (χ2v) is 6.14. The minimum atomic E-state index is 0.502. The van der Waals surface area contributed by atoms with Crippen LogP contribution in [-0.4, -0.2) is 53.3 Å². The van der Waals surface area contributed by atoms with Gasteiger partial charge in [0.05, 0.1) is 0 Å². The number of fused-ring (bicyclic) bond motifs is 2. The molecule has 3 aliphatic rings. The van der Waals surface area contributed by atoms with Crippen molar-refractivity contribution < 1.29 is 4.79 Å². The summed E-state index contributed by atoms with van der Waals surface area (Å²) < 4.78 is 0. The van der Waals surface area contributed by atoms with Crippen LogP contribution in [0.1, 0.15) is 45.4 Å². The zero-order valence-electron chi connectivity index (χ0n) is 10.9. The molecule has 3 atom stereocenters. The third-order valence-corrected chi connectivity index (χ3v) is 4.83. The highest BCUT2D eigenvalue weighted by molar-refractivity contribution is 5.81. The third-order valence-electron chi connectivity index (χ3n) is 4.83. The van der Waals surface area contributed by atoms with E-state index in [9.17, 15) is 4.79 Å². The lowest BCUT2D eigenvalue weighted by Gasteiger charge is -2.40. The van der Waals surface area contributed by atoms with Crippen molar-refractivity contribution in [2.45, 2.75) is 63.6 Å². The largest absolute Gasteiger partial charge is 0.302 e. The molecule has 3 heteroatoms. The maximum absolute atomic E-state index is 11.6. The minimum Gasteiger partial charge on any atom is -0.302 e. The molecule has 0 radical (unpaired) electrons. The van der Waals surface area contributed by atoms with Crippen LogP contribution in [0.15, 0.2) is 0 Å². The smallest absolute Gasteiger partial charge is 0.136 e. The minimum absolute atomic E-state index is 0.502. The Kier molecular flexibility index (Phi) is 3.22. The van der Waals surface area contributed by atoms with Crippen LogP contribution in [0.5, 0.6) is 0 Å². The van der Waals surface area contributed by atoms with Gasteiger partial charge in [0.25, 0.3) is 0 Å². The van der Waals surface area contributed by atoms with Crippen molar-refractivity contribution in [3.05, 3.63) is 0 Å². The van der Waals surface area contributed by atoms with E-state index < -0.39 is 0 Å². The molecule has 3 nitrogen and oxygen atoms in total. The summed E-state index contributed by atoms with van der Waals surface area (Å²) >= 11 is 0. The van der Waals surface area contributed by atoms with Gasteiger partial charge in [0, 0.05) is 37.5 Å². The van der Waals surface area contributed by atoms with Crippen molar-refractivity contribution in [2.75, 3.05) is 19.6 Å². The number of hydrogen-bond donors (Lipinski definition) is 0. The lowest BCUT2D eigenvalue weighted by Crippen LogP contribution is -2.51. The van der Waals surface area contributed by atoms with Crippen molar-refractivity contribution in [3.8, 4) is 0 Å². The van der Waals surface area contributed by atoms with Crippen molar-refractivity contribution in [1.82, 2.24) is 9.80 Å². The summed E-state index contributed by atoms with van der Waals surface area (Å²) in [7, 11) is 0. The van der Waals surface area contributed by atoms with Gasteiger partial charge >= 0.3 is 0 Å². The maximum atomic E-state index is 11.6. The molecule has 0 aromatic carbocycles. The second-order valence-electron chi connectivity index (χ2n) is 6.14. The van der Waals surface area contributed by atoms with Crippen molar-refractivity contribution in [1.29, 1.82) is 0 Å². The topological polar surface area (TPSA) is 23.6 Å². The van der Waals surface area contributed by atoms with Crippen LogP contribution in [0, 0.1) is 0 Å². The normalized spacial score (nSPS) is 36.6. The zero-order chi connectivity index (χ0) is 11.8. The van der Waals surface area contributed by atoms with E-state index in [-0.39, 0.29) is 0 Å².